The SMILES string of the molecule is CCCCCn1cnc(C(=O)NC(Cc2ccccc2)C(=O)OC)c1. The van der Waals surface area contributed by atoms with Crippen LogP contribution in [0.2, 0.25) is 0 Å². The van der Waals surface area contributed by atoms with Crippen LogP contribution in [0, 0.1) is 0 Å². The molecule has 2 rings (SSSR count). The van der Waals surface area contributed by atoms with Gasteiger partial charge in [-0.15, -0.1) is 0 Å². The number of amides is 1. The summed E-state index contributed by atoms with van der Waals surface area (Å²) in [7, 11) is 1.31. The highest BCUT2D eigenvalue weighted by molar-refractivity contribution is 5.95. The van der Waals surface area contributed by atoms with Crippen molar-refractivity contribution in [1.29, 1.82) is 0 Å². The minimum atomic E-state index is -0.745. The molecular formula is C19H25N3O3. The van der Waals surface area contributed by atoms with Gasteiger partial charge in [-0.05, 0) is 12.0 Å². The van der Waals surface area contributed by atoms with Crippen LogP contribution in [0.1, 0.15) is 42.2 Å². The average Bonchev–Trinajstić information content (AvgIpc) is 3.10. The predicted molar refractivity (Wildman–Crippen MR) is 95.2 cm³/mol. The molecule has 0 fully saturated rings. The molecule has 1 heterocycles. The maximum Gasteiger partial charge on any atom is 0.328 e. The first-order valence-corrected chi connectivity index (χ1v) is 8.58. The van der Waals surface area contributed by atoms with E-state index in [1.165, 1.54) is 7.11 Å². The number of hydrogen-bond acceptors (Lipinski definition) is 4. The molecule has 6 nitrogen and oxygen atoms in total. The van der Waals surface area contributed by atoms with Crippen molar-refractivity contribution < 1.29 is 14.3 Å². The Kier molecular flexibility index (Phi) is 7.19. The number of aryl methyl sites for hydroxylation is 1. The maximum absolute atomic E-state index is 12.4. The fraction of sp³-hybridized carbons (Fsp3) is 0.421. The lowest BCUT2D eigenvalue weighted by atomic mass is 10.1. The Bertz CT molecular complexity index is 682. The molecule has 1 unspecified atom stereocenters. The number of nitrogens with zero attached hydrogens (tertiary/aromatic N) is 2. The van der Waals surface area contributed by atoms with Crippen LogP contribution in [0.3, 0.4) is 0 Å². The van der Waals surface area contributed by atoms with Crippen molar-refractivity contribution in [1.82, 2.24) is 14.9 Å². The zero-order valence-electron chi connectivity index (χ0n) is 14.8. The van der Waals surface area contributed by atoms with Crippen molar-refractivity contribution in [3.05, 3.63) is 54.1 Å². The summed E-state index contributed by atoms with van der Waals surface area (Å²) in [6.07, 6.45) is 7.06. The zero-order chi connectivity index (χ0) is 18.1. The molecule has 0 radical (unpaired) electrons. The molecule has 0 aliphatic heterocycles. The Balaban J connectivity index is 2.00. The molecule has 0 aliphatic rings. The molecule has 0 bridgehead atoms. The fourth-order valence-electron chi connectivity index (χ4n) is 2.56. The van der Waals surface area contributed by atoms with E-state index >= 15 is 0 Å². The topological polar surface area (TPSA) is 73.2 Å². The first-order valence-electron chi connectivity index (χ1n) is 8.58. The number of esters is 1. The zero-order valence-corrected chi connectivity index (χ0v) is 14.8. The number of carbonyl (C=O) groups is 2. The lowest BCUT2D eigenvalue weighted by Gasteiger charge is -2.16. The number of carbonyl (C=O) groups excluding carboxylic acids is 2. The summed E-state index contributed by atoms with van der Waals surface area (Å²) in [5.41, 5.74) is 1.25. The quantitative estimate of drug-likeness (QED) is 0.561. The van der Waals surface area contributed by atoms with E-state index in [2.05, 4.69) is 17.2 Å². The Morgan fingerprint density at radius 3 is 2.68 bits per heavy atom. The summed E-state index contributed by atoms with van der Waals surface area (Å²) in [5.74, 6) is -0.847. The van der Waals surface area contributed by atoms with E-state index in [4.69, 9.17) is 4.74 Å². The number of ether oxygens (including phenoxy) is 1. The summed E-state index contributed by atoms with van der Waals surface area (Å²) < 4.78 is 6.71. The predicted octanol–water partition coefficient (Wildman–Crippen LogP) is 2.59. The number of hydrogen-bond donors (Lipinski definition) is 1. The second-order valence-electron chi connectivity index (χ2n) is 5.94. The second-order valence-corrected chi connectivity index (χ2v) is 5.94. The number of aromatic nitrogens is 2. The number of nitrogens with one attached hydrogen (secondary N) is 1. The highest BCUT2D eigenvalue weighted by Gasteiger charge is 2.23. The average molecular weight is 343 g/mol. The monoisotopic (exact) mass is 343 g/mol. The summed E-state index contributed by atoms with van der Waals surface area (Å²) in [6.45, 7) is 2.98. The lowest BCUT2D eigenvalue weighted by molar-refractivity contribution is -0.142. The van der Waals surface area contributed by atoms with Crippen LogP contribution >= 0.6 is 0 Å². The van der Waals surface area contributed by atoms with Gasteiger partial charge in [-0.1, -0.05) is 50.1 Å². The van der Waals surface area contributed by atoms with Gasteiger partial charge in [0, 0.05) is 19.2 Å². The van der Waals surface area contributed by atoms with Crippen molar-refractivity contribution >= 4 is 11.9 Å². The van der Waals surface area contributed by atoms with Gasteiger partial charge >= 0.3 is 5.97 Å². The van der Waals surface area contributed by atoms with Crippen LogP contribution in [-0.2, 0) is 22.5 Å². The van der Waals surface area contributed by atoms with Crippen molar-refractivity contribution in [2.45, 2.75) is 45.2 Å². The molecule has 1 amide bonds. The van der Waals surface area contributed by atoms with Gasteiger partial charge in [0.1, 0.15) is 11.7 Å². The number of rotatable bonds is 9. The maximum atomic E-state index is 12.4. The molecule has 0 saturated heterocycles. The minimum absolute atomic E-state index is 0.304. The summed E-state index contributed by atoms with van der Waals surface area (Å²) in [5, 5.41) is 2.72. The minimum Gasteiger partial charge on any atom is -0.467 e. The van der Waals surface area contributed by atoms with Crippen LogP contribution in [0.25, 0.3) is 0 Å². The van der Waals surface area contributed by atoms with Gasteiger partial charge in [-0.2, -0.15) is 0 Å². The van der Waals surface area contributed by atoms with Gasteiger partial charge in [0.25, 0.3) is 5.91 Å². The van der Waals surface area contributed by atoms with Crippen LogP contribution in [0.4, 0.5) is 0 Å². The third-order valence-electron chi connectivity index (χ3n) is 3.96. The van der Waals surface area contributed by atoms with Crippen molar-refractivity contribution in [3.63, 3.8) is 0 Å². The van der Waals surface area contributed by atoms with Crippen molar-refractivity contribution in [2.75, 3.05) is 7.11 Å². The molecule has 1 atom stereocenters. The first-order chi connectivity index (χ1) is 12.1. The van der Waals surface area contributed by atoms with Gasteiger partial charge in [-0.3, -0.25) is 4.79 Å². The fourth-order valence-corrected chi connectivity index (χ4v) is 2.56. The largest absolute Gasteiger partial charge is 0.467 e. The third kappa shape index (κ3) is 5.74. The highest BCUT2D eigenvalue weighted by atomic mass is 16.5. The van der Waals surface area contributed by atoms with Crippen molar-refractivity contribution in [2.24, 2.45) is 0 Å². The lowest BCUT2D eigenvalue weighted by Crippen LogP contribution is -2.43. The van der Waals surface area contributed by atoms with E-state index in [1.807, 2.05) is 34.9 Å². The first kappa shape index (κ1) is 18.7. The third-order valence-corrected chi connectivity index (χ3v) is 3.96. The molecule has 0 spiro atoms. The van der Waals surface area contributed by atoms with E-state index in [9.17, 15) is 9.59 Å². The van der Waals surface area contributed by atoms with Gasteiger partial charge in [0.2, 0.25) is 0 Å². The van der Waals surface area contributed by atoms with Gasteiger partial charge < -0.3 is 14.6 Å². The molecule has 1 aromatic carbocycles. The molecule has 25 heavy (non-hydrogen) atoms. The van der Waals surface area contributed by atoms with Gasteiger partial charge in [-0.25, -0.2) is 9.78 Å². The molecule has 1 N–H and O–H groups in total. The molecule has 0 saturated carbocycles. The standard InChI is InChI=1S/C19H25N3O3/c1-3-4-8-11-22-13-17(20-14-22)18(23)21-16(19(24)25-2)12-15-9-6-5-7-10-15/h5-7,9-10,13-14,16H,3-4,8,11-12H2,1-2H3,(H,21,23). The van der Waals surface area contributed by atoms with E-state index in [1.54, 1.807) is 12.5 Å². The summed E-state index contributed by atoms with van der Waals surface area (Å²) >= 11 is 0. The Morgan fingerprint density at radius 1 is 1.24 bits per heavy atom. The Labute approximate surface area is 148 Å². The van der Waals surface area contributed by atoms with E-state index in [0.29, 0.717) is 12.1 Å². The number of benzene rings is 1. The van der Waals surface area contributed by atoms with E-state index < -0.39 is 12.0 Å². The normalized spacial score (nSPS) is 11.8. The molecule has 2 aromatic rings. The van der Waals surface area contributed by atoms with Crippen LogP contribution < -0.4 is 5.32 Å². The molecule has 0 aliphatic carbocycles. The van der Waals surface area contributed by atoms with Gasteiger partial charge in [0.15, 0.2) is 0 Å². The van der Waals surface area contributed by atoms with Crippen LogP contribution in [-0.4, -0.2) is 34.6 Å². The molecule has 6 heteroatoms. The van der Waals surface area contributed by atoms with Crippen molar-refractivity contribution in [3.8, 4) is 0 Å². The summed E-state index contributed by atoms with van der Waals surface area (Å²) in [6, 6.07) is 8.76. The Hall–Kier alpha value is -2.63. The van der Waals surface area contributed by atoms with Crippen LogP contribution in [0.15, 0.2) is 42.9 Å². The second kappa shape index (κ2) is 9.61. The molecular weight excluding hydrogens is 318 g/mol. The molecule has 134 valence electrons. The molecule has 1 aromatic heterocycles. The highest BCUT2D eigenvalue weighted by Crippen LogP contribution is 2.07. The Morgan fingerprint density at radius 2 is 2.00 bits per heavy atom. The van der Waals surface area contributed by atoms with E-state index in [-0.39, 0.29) is 5.91 Å². The number of imidazole rings is 1. The smallest absolute Gasteiger partial charge is 0.328 e. The number of unbranched alkanes of at least 4 members (excludes halogenated alkanes) is 2. The number of methoxy groups -OCH3 is 1. The van der Waals surface area contributed by atoms with Gasteiger partial charge in [0.05, 0.1) is 13.4 Å². The summed E-state index contributed by atoms with van der Waals surface area (Å²) in [4.78, 5) is 28.6. The van der Waals surface area contributed by atoms with Crippen LogP contribution in [0.5, 0.6) is 0 Å². The van der Waals surface area contributed by atoms with E-state index in [0.717, 1.165) is 31.4 Å².